The molecule has 0 amide bonds. The first kappa shape index (κ1) is 12.9. The molecule has 13 heavy (non-hydrogen) atoms. The second-order valence-corrected chi connectivity index (χ2v) is 7.77. The molecular weight excluding hydrogens is 214 g/mol. The number of hydrogen-bond donors (Lipinski definition) is 1. The van der Waals surface area contributed by atoms with Gasteiger partial charge in [0.2, 0.25) is 0 Å². The summed E-state index contributed by atoms with van der Waals surface area (Å²) in [5.41, 5.74) is 5.17. The Morgan fingerprint density at radius 3 is 1.69 bits per heavy atom. The van der Waals surface area contributed by atoms with Crippen molar-refractivity contribution in [2.24, 2.45) is 5.73 Å². The Morgan fingerprint density at radius 2 is 1.46 bits per heavy atom. The molecule has 0 heterocycles. The first-order valence-corrected chi connectivity index (χ1v) is 7.68. The van der Waals surface area contributed by atoms with Gasteiger partial charge in [-0.2, -0.15) is 0 Å². The van der Waals surface area contributed by atoms with Gasteiger partial charge in [0.25, 0.3) is 0 Å². The Kier molecular flexibility index (Phi) is 4.34. The molecule has 0 aliphatic rings. The van der Waals surface area contributed by atoms with Crippen molar-refractivity contribution in [2.45, 2.75) is 17.4 Å². The summed E-state index contributed by atoms with van der Waals surface area (Å²) in [6, 6.07) is 0. The summed E-state index contributed by atoms with van der Waals surface area (Å²) in [6.45, 7) is 0.293. The first-order valence-electron chi connectivity index (χ1n) is 3.77. The monoisotopic (exact) mass is 229 g/mol. The number of sulfone groups is 2. The van der Waals surface area contributed by atoms with Gasteiger partial charge in [-0.3, -0.25) is 0 Å². The zero-order valence-electron chi connectivity index (χ0n) is 7.73. The molecule has 0 saturated heterocycles. The minimum absolute atomic E-state index is 0.0775. The summed E-state index contributed by atoms with van der Waals surface area (Å²) in [5, 5.41) is 0. The van der Waals surface area contributed by atoms with Gasteiger partial charge in [-0.1, -0.05) is 0 Å². The smallest absolute Gasteiger partial charge is 0.164 e. The van der Waals surface area contributed by atoms with E-state index < -0.39 is 24.3 Å². The molecule has 0 aromatic rings. The van der Waals surface area contributed by atoms with Crippen LogP contribution in [0.15, 0.2) is 0 Å². The Labute approximate surface area is 79.2 Å². The lowest BCUT2D eigenvalue weighted by molar-refractivity contribution is 0.572. The summed E-state index contributed by atoms with van der Waals surface area (Å²) in [6.07, 6.45) is 2.32. The molecule has 0 fully saturated rings. The molecule has 0 aliphatic carbocycles. The number of hydrogen-bond acceptors (Lipinski definition) is 5. The third-order valence-electron chi connectivity index (χ3n) is 1.60. The van der Waals surface area contributed by atoms with Gasteiger partial charge in [0, 0.05) is 12.5 Å². The topological polar surface area (TPSA) is 94.3 Å². The average molecular weight is 229 g/mol. The fraction of sp³-hybridized carbons (Fsp3) is 1.00. The van der Waals surface area contributed by atoms with E-state index in [0.29, 0.717) is 13.0 Å². The highest BCUT2D eigenvalue weighted by Gasteiger charge is 2.30. The molecule has 2 N–H and O–H groups in total. The second-order valence-electron chi connectivity index (χ2n) is 3.02. The predicted octanol–water partition coefficient (Wildman–Crippen LogP) is -0.859. The van der Waals surface area contributed by atoms with E-state index in [0.717, 1.165) is 12.5 Å². The van der Waals surface area contributed by atoms with Crippen LogP contribution in [0.2, 0.25) is 0 Å². The van der Waals surface area contributed by atoms with Crippen LogP contribution < -0.4 is 5.73 Å². The van der Waals surface area contributed by atoms with E-state index in [2.05, 4.69) is 0 Å². The molecule has 0 aliphatic heterocycles. The van der Waals surface area contributed by atoms with Crippen LogP contribution in [0.5, 0.6) is 0 Å². The van der Waals surface area contributed by atoms with Gasteiger partial charge in [-0.25, -0.2) is 16.8 Å². The van der Waals surface area contributed by atoms with Crippen LogP contribution in [0, 0.1) is 0 Å². The van der Waals surface area contributed by atoms with Crippen molar-refractivity contribution in [3.05, 3.63) is 0 Å². The van der Waals surface area contributed by atoms with Gasteiger partial charge >= 0.3 is 0 Å². The second kappa shape index (κ2) is 4.39. The van der Waals surface area contributed by atoms with Crippen molar-refractivity contribution >= 4 is 19.7 Å². The third kappa shape index (κ3) is 4.58. The maximum absolute atomic E-state index is 11.1. The Bertz CT molecular complexity index is 311. The average Bonchev–Trinajstić information content (AvgIpc) is 1.81. The molecule has 0 unspecified atom stereocenters. The van der Waals surface area contributed by atoms with Crippen molar-refractivity contribution in [1.29, 1.82) is 0 Å². The van der Waals surface area contributed by atoms with E-state index in [4.69, 9.17) is 5.73 Å². The largest absolute Gasteiger partial charge is 0.330 e. The molecular formula is C6H15NO4S2. The summed E-state index contributed by atoms with van der Waals surface area (Å²) >= 11 is 0. The third-order valence-corrected chi connectivity index (χ3v) is 6.08. The molecule has 7 heteroatoms. The van der Waals surface area contributed by atoms with Gasteiger partial charge in [0.05, 0.1) is 0 Å². The minimum Gasteiger partial charge on any atom is -0.330 e. The van der Waals surface area contributed by atoms with Crippen LogP contribution in [-0.2, 0) is 19.7 Å². The van der Waals surface area contributed by atoms with Crippen LogP contribution in [0.4, 0.5) is 0 Å². The van der Waals surface area contributed by atoms with E-state index in [1.807, 2.05) is 0 Å². The number of rotatable bonds is 5. The van der Waals surface area contributed by atoms with E-state index in [1.54, 1.807) is 0 Å². The lowest BCUT2D eigenvalue weighted by Gasteiger charge is -2.11. The highest BCUT2D eigenvalue weighted by molar-refractivity contribution is 8.08. The van der Waals surface area contributed by atoms with Gasteiger partial charge in [-0.05, 0) is 19.4 Å². The highest BCUT2D eigenvalue weighted by atomic mass is 32.3. The predicted molar refractivity (Wildman–Crippen MR) is 51.8 cm³/mol. The maximum atomic E-state index is 11.1. The molecule has 80 valence electrons. The molecule has 0 rings (SSSR count). The Morgan fingerprint density at radius 1 is 1.08 bits per heavy atom. The van der Waals surface area contributed by atoms with Crippen molar-refractivity contribution in [3.8, 4) is 0 Å². The number of nitrogens with two attached hydrogens (primary N) is 1. The normalized spacial score (nSPS) is 13.5. The maximum Gasteiger partial charge on any atom is 0.164 e. The quantitative estimate of drug-likeness (QED) is 0.662. The van der Waals surface area contributed by atoms with Crippen molar-refractivity contribution < 1.29 is 16.8 Å². The molecule has 0 aromatic heterocycles. The van der Waals surface area contributed by atoms with Gasteiger partial charge in [0.15, 0.2) is 24.3 Å². The summed E-state index contributed by atoms with van der Waals surface area (Å²) in [5.74, 6) is 0. The SMILES string of the molecule is CS(=O)(=O)C(CCCN)S(C)(=O)=O. The zero-order chi connectivity index (χ0) is 10.7. The zero-order valence-corrected chi connectivity index (χ0v) is 9.36. The van der Waals surface area contributed by atoms with Crippen LogP contribution in [0.25, 0.3) is 0 Å². The Hall–Kier alpha value is -0.140. The fourth-order valence-corrected chi connectivity index (χ4v) is 4.76. The van der Waals surface area contributed by atoms with Crippen molar-refractivity contribution in [1.82, 2.24) is 0 Å². The van der Waals surface area contributed by atoms with Crippen molar-refractivity contribution in [3.63, 3.8) is 0 Å². The highest BCUT2D eigenvalue weighted by Crippen LogP contribution is 2.13. The fourth-order valence-electron chi connectivity index (χ4n) is 1.03. The van der Waals surface area contributed by atoms with E-state index in [-0.39, 0.29) is 6.42 Å². The van der Waals surface area contributed by atoms with E-state index >= 15 is 0 Å². The van der Waals surface area contributed by atoms with Crippen molar-refractivity contribution in [2.75, 3.05) is 19.1 Å². The molecule has 0 spiro atoms. The standard InChI is InChI=1S/C6H15NO4S2/c1-12(8,9)6(4-3-5-7)13(2,10)11/h6H,3-5,7H2,1-2H3. The first-order chi connectivity index (χ1) is 5.69. The molecule has 0 saturated carbocycles. The molecule has 0 radical (unpaired) electrons. The van der Waals surface area contributed by atoms with Crippen LogP contribution in [0.3, 0.4) is 0 Å². The summed E-state index contributed by atoms with van der Waals surface area (Å²) in [4.78, 5) is 0. The van der Waals surface area contributed by atoms with Gasteiger partial charge in [0.1, 0.15) is 0 Å². The lowest BCUT2D eigenvalue weighted by Crippen LogP contribution is -2.29. The van der Waals surface area contributed by atoms with Crippen LogP contribution >= 0.6 is 0 Å². The van der Waals surface area contributed by atoms with Gasteiger partial charge < -0.3 is 5.73 Å². The molecule has 0 bridgehead atoms. The van der Waals surface area contributed by atoms with Crippen LogP contribution in [0.1, 0.15) is 12.8 Å². The van der Waals surface area contributed by atoms with Gasteiger partial charge in [-0.15, -0.1) is 0 Å². The Balaban J connectivity index is 4.81. The minimum atomic E-state index is -3.54. The molecule has 0 atom stereocenters. The van der Waals surface area contributed by atoms with E-state index in [1.165, 1.54) is 0 Å². The lowest BCUT2D eigenvalue weighted by atomic mass is 10.3. The summed E-state index contributed by atoms with van der Waals surface area (Å²) in [7, 11) is -7.08. The molecule has 0 aromatic carbocycles. The molecule has 5 nitrogen and oxygen atoms in total. The van der Waals surface area contributed by atoms with E-state index in [9.17, 15) is 16.8 Å². The van der Waals surface area contributed by atoms with Crippen LogP contribution in [-0.4, -0.2) is 40.5 Å². The summed E-state index contributed by atoms with van der Waals surface area (Å²) < 4.78 is 43.0.